The molecule has 0 radical (unpaired) electrons. The van der Waals surface area contributed by atoms with Gasteiger partial charge in [0.2, 0.25) is 0 Å². The largest absolute Gasteiger partial charge is 0.351 e. The molecule has 0 saturated heterocycles. The van der Waals surface area contributed by atoms with Gasteiger partial charge in [0, 0.05) is 35.3 Å². The molecule has 0 aliphatic heterocycles. The molecular weight excluding hydrogens is 328 g/mol. The first kappa shape index (κ1) is 19.5. The molecule has 0 atom stereocenters. The molecule has 2 aromatic carbocycles. The van der Waals surface area contributed by atoms with Gasteiger partial charge in [0.1, 0.15) is 0 Å². The van der Waals surface area contributed by atoms with Crippen LogP contribution in [0.2, 0.25) is 0 Å². The molecular formula is C21H28N2OS. The van der Waals surface area contributed by atoms with Crippen LogP contribution < -0.4 is 5.32 Å². The number of hydrogen-bond donors (Lipinski definition) is 1. The van der Waals surface area contributed by atoms with Crippen LogP contribution in [-0.2, 0) is 5.75 Å². The highest BCUT2D eigenvalue weighted by molar-refractivity contribution is 7.98. The van der Waals surface area contributed by atoms with Crippen molar-refractivity contribution in [2.75, 3.05) is 19.6 Å². The fourth-order valence-electron chi connectivity index (χ4n) is 2.64. The zero-order chi connectivity index (χ0) is 18.1. The van der Waals surface area contributed by atoms with Crippen molar-refractivity contribution >= 4 is 17.7 Å². The number of nitrogens with one attached hydrogen (secondary N) is 1. The standard InChI is InChI=1S/C21H28N2OS/c1-4-23(17(2)3)15-14-22-21(24)19-10-12-20(13-11-19)25-16-18-8-6-5-7-9-18/h5-13,17H,4,14-16H2,1-3H3,(H,22,24). The van der Waals surface area contributed by atoms with Crippen LogP contribution >= 0.6 is 11.8 Å². The molecule has 3 nitrogen and oxygen atoms in total. The molecule has 0 aromatic heterocycles. The minimum atomic E-state index is -0.000538. The average molecular weight is 357 g/mol. The van der Waals surface area contributed by atoms with Crippen LogP contribution in [0, 0.1) is 0 Å². The number of likely N-dealkylation sites (N-methyl/N-ethyl adjacent to an activating group) is 1. The lowest BCUT2D eigenvalue weighted by Gasteiger charge is -2.24. The van der Waals surface area contributed by atoms with Crippen molar-refractivity contribution in [3.8, 4) is 0 Å². The van der Waals surface area contributed by atoms with Crippen molar-refractivity contribution in [2.45, 2.75) is 37.5 Å². The summed E-state index contributed by atoms with van der Waals surface area (Å²) in [6.45, 7) is 9.06. The van der Waals surface area contributed by atoms with E-state index in [1.165, 1.54) is 10.5 Å². The van der Waals surface area contributed by atoms with Crippen LogP contribution in [0.4, 0.5) is 0 Å². The first-order valence-corrected chi connectivity index (χ1v) is 9.87. The second kappa shape index (κ2) is 10.3. The van der Waals surface area contributed by atoms with E-state index in [4.69, 9.17) is 0 Å². The molecule has 2 aromatic rings. The molecule has 134 valence electrons. The molecule has 0 bridgehead atoms. The van der Waals surface area contributed by atoms with Crippen LogP contribution in [0.3, 0.4) is 0 Å². The number of carbonyl (C=O) groups is 1. The Labute approximate surface area is 155 Å². The van der Waals surface area contributed by atoms with Crippen LogP contribution in [0.5, 0.6) is 0 Å². The van der Waals surface area contributed by atoms with E-state index in [0.717, 1.165) is 24.4 Å². The van der Waals surface area contributed by atoms with Crippen molar-refractivity contribution in [3.05, 3.63) is 65.7 Å². The summed E-state index contributed by atoms with van der Waals surface area (Å²) in [5, 5.41) is 3.01. The molecule has 0 aliphatic carbocycles. The minimum Gasteiger partial charge on any atom is -0.351 e. The zero-order valence-corrected chi connectivity index (χ0v) is 16.2. The quantitative estimate of drug-likeness (QED) is 0.674. The lowest BCUT2D eigenvalue weighted by atomic mass is 10.2. The van der Waals surface area contributed by atoms with Gasteiger partial charge in [0.15, 0.2) is 0 Å². The second-order valence-electron chi connectivity index (χ2n) is 6.28. The number of hydrogen-bond acceptors (Lipinski definition) is 3. The van der Waals surface area contributed by atoms with Crippen LogP contribution in [0.25, 0.3) is 0 Å². The number of benzene rings is 2. The van der Waals surface area contributed by atoms with Gasteiger partial charge >= 0.3 is 0 Å². The fourth-order valence-corrected chi connectivity index (χ4v) is 3.49. The fraction of sp³-hybridized carbons (Fsp3) is 0.381. The Balaban J connectivity index is 1.79. The molecule has 0 unspecified atom stereocenters. The number of thioether (sulfide) groups is 1. The molecule has 0 fully saturated rings. The molecule has 1 N–H and O–H groups in total. The van der Waals surface area contributed by atoms with Gasteiger partial charge in [0.25, 0.3) is 5.91 Å². The molecule has 2 rings (SSSR count). The van der Waals surface area contributed by atoms with E-state index in [1.54, 1.807) is 11.8 Å². The third-order valence-corrected chi connectivity index (χ3v) is 5.27. The molecule has 0 heterocycles. The number of amides is 1. The Morgan fingerprint density at radius 1 is 1.08 bits per heavy atom. The minimum absolute atomic E-state index is 0.000538. The first-order chi connectivity index (χ1) is 12.1. The molecule has 25 heavy (non-hydrogen) atoms. The van der Waals surface area contributed by atoms with Crippen molar-refractivity contribution in [2.24, 2.45) is 0 Å². The summed E-state index contributed by atoms with van der Waals surface area (Å²) in [6, 6.07) is 18.8. The molecule has 0 aliphatic rings. The Morgan fingerprint density at radius 3 is 2.36 bits per heavy atom. The maximum Gasteiger partial charge on any atom is 0.251 e. The average Bonchev–Trinajstić information content (AvgIpc) is 2.64. The Hall–Kier alpha value is -1.78. The van der Waals surface area contributed by atoms with E-state index in [2.05, 4.69) is 55.3 Å². The van der Waals surface area contributed by atoms with Gasteiger partial charge < -0.3 is 5.32 Å². The lowest BCUT2D eigenvalue weighted by Crippen LogP contribution is -2.38. The van der Waals surface area contributed by atoms with Crippen molar-refractivity contribution in [3.63, 3.8) is 0 Å². The van der Waals surface area contributed by atoms with Crippen LogP contribution in [-0.4, -0.2) is 36.5 Å². The monoisotopic (exact) mass is 356 g/mol. The topological polar surface area (TPSA) is 32.3 Å². The van der Waals surface area contributed by atoms with E-state index < -0.39 is 0 Å². The summed E-state index contributed by atoms with van der Waals surface area (Å²) in [5.74, 6) is 0.938. The Bertz CT molecular complexity index is 641. The molecule has 0 saturated carbocycles. The van der Waals surface area contributed by atoms with Gasteiger partial charge in [-0.3, -0.25) is 9.69 Å². The van der Waals surface area contributed by atoms with Crippen LogP contribution in [0.1, 0.15) is 36.7 Å². The lowest BCUT2D eigenvalue weighted by molar-refractivity contribution is 0.0946. The van der Waals surface area contributed by atoms with E-state index in [9.17, 15) is 4.79 Å². The highest BCUT2D eigenvalue weighted by Gasteiger charge is 2.09. The number of rotatable bonds is 9. The summed E-state index contributed by atoms with van der Waals surface area (Å²) in [5.41, 5.74) is 2.02. The molecule has 0 spiro atoms. The Morgan fingerprint density at radius 2 is 1.76 bits per heavy atom. The van der Waals surface area contributed by atoms with Gasteiger partial charge in [-0.05, 0) is 50.2 Å². The second-order valence-corrected chi connectivity index (χ2v) is 7.33. The van der Waals surface area contributed by atoms with Crippen molar-refractivity contribution in [1.82, 2.24) is 10.2 Å². The van der Waals surface area contributed by atoms with Gasteiger partial charge in [-0.2, -0.15) is 0 Å². The normalized spacial score (nSPS) is 11.1. The Kier molecular flexibility index (Phi) is 8.02. The summed E-state index contributed by atoms with van der Waals surface area (Å²) in [7, 11) is 0. The summed E-state index contributed by atoms with van der Waals surface area (Å²) >= 11 is 1.78. The third-order valence-electron chi connectivity index (χ3n) is 4.19. The summed E-state index contributed by atoms with van der Waals surface area (Å²) in [4.78, 5) is 15.8. The zero-order valence-electron chi connectivity index (χ0n) is 15.4. The summed E-state index contributed by atoms with van der Waals surface area (Å²) < 4.78 is 0. The molecule has 4 heteroatoms. The first-order valence-electron chi connectivity index (χ1n) is 8.89. The number of carbonyl (C=O) groups excluding carboxylic acids is 1. The van der Waals surface area contributed by atoms with Crippen molar-refractivity contribution in [1.29, 1.82) is 0 Å². The predicted octanol–water partition coefficient (Wildman–Crippen LogP) is 4.44. The highest BCUT2D eigenvalue weighted by atomic mass is 32.2. The van der Waals surface area contributed by atoms with Gasteiger partial charge in [-0.25, -0.2) is 0 Å². The van der Waals surface area contributed by atoms with E-state index in [0.29, 0.717) is 12.6 Å². The third kappa shape index (κ3) is 6.56. The smallest absolute Gasteiger partial charge is 0.251 e. The summed E-state index contributed by atoms with van der Waals surface area (Å²) in [6.07, 6.45) is 0. The maximum atomic E-state index is 12.2. The molecule has 1 amide bonds. The van der Waals surface area contributed by atoms with E-state index in [-0.39, 0.29) is 5.91 Å². The maximum absolute atomic E-state index is 12.2. The van der Waals surface area contributed by atoms with E-state index >= 15 is 0 Å². The van der Waals surface area contributed by atoms with Gasteiger partial charge in [0.05, 0.1) is 0 Å². The van der Waals surface area contributed by atoms with Crippen molar-refractivity contribution < 1.29 is 4.79 Å². The van der Waals surface area contributed by atoms with Crippen LogP contribution in [0.15, 0.2) is 59.5 Å². The number of nitrogens with zero attached hydrogens (tertiary/aromatic N) is 1. The highest BCUT2D eigenvalue weighted by Crippen LogP contribution is 2.22. The van der Waals surface area contributed by atoms with E-state index in [1.807, 2.05) is 30.3 Å². The SMILES string of the molecule is CCN(CCNC(=O)c1ccc(SCc2ccccc2)cc1)C(C)C. The predicted molar refractivity (Wildman–Crippen MR) is 107 cm³/mol. The van der Waals surface area contributed by atoms with Gasteiger partial charge in [-0.1, -0.05) is 37.3 Å². The van der Waals surface area contributed by atoms with Gasteiger partial charge in [-0.15, -0.1) is 11.8 Å².